The Morgan fingerprint density at radius 2 is 2.40 bits per heavy atom. The van der Waals surface area contributed by atoms with E-state index in [4.69, 9.17) is 0 Å². The number of amides is 1. The number of rotatable bonds is 4. The third kappa shape index (κ3) is 2.31. The lowest BCUT2D eigenvalue weighted by Crippen LogP contribution is -2.34. The third-order valence-electron chi connectivity index (χ3n) is 3.51. The highest BCUT2D eigenvalue weighted by Crippen LogP contribution is 2.22. The molecule has 3 rings (SSSR count). The van der Waals surface area contributed by atoms with Crippen molar-refractivity contribution in [3.05, 3.63) is 30.1 Å². The average molecular weight is 274 g/mol. The van der Waals surface area contributed by atoms with E-state index in [-0.39, 0.29) is 11.9 Å². The van der Waals surface area contributed by atoms with Crippen molar-refractivity contribution in [2.24, 2.45) is 0 Å². The Morgan fingerprint density at radius 1 is 1.50 bits per heavy atom. The fraction of sp³-hybridized carbons (Fsp3) is 0.538. The molecule has 106 valence electrons. The molecule has 7 nitrogen and oxygen atoms in total. The Bertz CT molecular complexity index is 602. The van der Waals surface area contributed by atoms with Gasteiger partial charge in [0.2, 0.25) is 0 Å². The van der Waals surface area contributed by atoms with Crippen molar-refractivity contribution in [1.82, 2.24) is 29.9 Å². The molecule has 20 heavy (non-hydrogen) atoms. The highest BCUT2D eigenvalue weighted by Gasteiger charge is 2.25. The number of hydrogen-bond donors (Lipinski definition) is 1. The normalized spacial score (nSPS) is 17.8. The summed E-state index contributed by atoms with van der Waals surface area (Å²) in [4.78, 5) is 16.6. The van der Waals surface area contributed by atoms with Crippen LogP contribution in [0.4, 0.5) is 0 Å². The lowest BCUT2D eigenvalue weighted by atomic mass is 10.1. The van der Waals surface area contributed by atoms with Crippen LogP contribution in [0, 0.1) is 0 Å². The molecule has 3 heterocycles. The zero-order chi connectivity index (χ0) is 13.9. The van der Waals surface area contributed by atoms with Gasteiger partial charge in [0, 0.05) is 19.3 Å². The summed E-state index contributed by atoms with van der Waals surface area (Å²) >= 11 is 0. The maximum Gasteiger partial charge on any atom is 0.270 e. The summed E-state index contributed by atoms with van der Waals surface area (Å²) in [7, 11) is 0. The van der Waals surface area contributed by atoms with E-state index in [2.05, 4.69) is 27.4 Å². The van der Waals surface area contributed by atoms with Gasteiger partial charge >= 0.3 is 0 Å². The number of hydrogen-bond acceptors (Lipinski definition) is 4. The minimum absolute atomic E-state index is 0.0660. The van der Waals surface area contributed by atoms with Crippen LogP contribution in [-0.2, 0) is 13.1 Å². The van der Waals surface area contributed by atoms with Crippen LogP contribution in [0.5, 0.6) is 0 Å². The number of aryl methyl sites for hydroxylation is 2. The van der Waals surface area contributed by atoms with Crippen LogP contribution in [0.25, 0.3) is 0 Å². The molecule has 1 N–H and O–H groups in total. The fourth-order valence-electron chi connectivity index (χ4n) is 2.57. The number of carbonyl (C=O) groups is 1. The first-order valence-corrected chi connectivity index (χ1v) is 7.00. The van der Waals surface area contributed by atoms with E-state index in [1.54, 1.807) is 23.3 Å². The van der Waals surface area contributed by atoms with E-state index in [9.17, 15) is 4.79 Å². The minimum atomic E-state index is -0.0996. The quantitative estimate of drug-likeness (QED) is 0.907. The van der Waals surface area contributed by atoms with Gasteiger partial charge in [-0.15, -0.1) is 0 Å². The highest BCUT2D eigenvalue weighted by molar-refractivity contribution is 5.92. The monoisotopic (exact) mass is 274 g/mol. The molecule has 1 atom stereocenters. The molecule has 0 radical (unpaired) electrons. The van der Waals surface area contributed by atoms with Gasteiger partial charge < -0.3 is 5.32 Å². The first kappa shape index (κ1) is 12.8. The van der Waals surface area contributed by atoms with Crippen molar-refractivity contribution >= 4 is 5.91 Å². The molecule has 0 aromatic carbocycles. The lowest BCUT2D eigenvalue weighted by Gasteiger charge is -2.23. The van der Waals surface area contributed by atoms with Crippen molar-refractivity contribution in [2.75, 3.05) is 0 Å². The van der Waals surface area contributed by atoms with Crippen LogP contribution < -0.4 is 5.32 Å². The van der Waals surface area contributed by atoms with Crippen molar-refractivity contribution < 1.29 is 4.79 Å². The third-order valence-corrected chi connectivity index (χ3v) is 3.51. The number of fused-ring (bicyclic) bond motifs is 1. The zero-order valence-corrected chi connectivity index (χ0v) is 11.5. The van der Waals surface area contributed by atoms with Crippen LogP contribution in [0.3, 0.4) is 0 Å². The van der Waals surface area contributed by atoms with Gasteiger partial charge in [-0.05, 0) is 25.3 Å². The van der Waals surface area contributed by atoms with E-state index >= 15 is 0 Å². The molecule has 0 spiro atoms. The summed E-state index contributed by atoms with van der Waals surface area (Å²) in [5.74, 6) is 0.739. The van der Waals surface area contributed by atoms with Gasteiger partial charge in [0.25, 0.3) is 5.91 Å². The standard InChI is InChI=1S/C13H18N6O/c1-2-7-18-11(5-6-15-18)13(20)17-10-4-3-8-19-12(10)14-9-16-19/h5-6,9-10H,2-4,7-8H2,1H3,(H,17,20)/t10-/m0/s1. The Labute approximate surface area is 117 Å². The number of aromatic nitrogens is 5. The second-order valence-electron chi connectivity index (χ2n) is 4.95. The molecular formula is C13H18N6O. The Balaban J connectivity index is 1.76. The summed E-state index contributed by atoms with van der Waals surface area (Å²) in [5.41, 5.74) is 0.600. The van der Waals surface area contributed by atoms with Crippen LogP contribution in [0.15, 0.2) is 18.6 Å². The summed E-state index contributed by atoms with van der Waals surface area (Å²) in [6.45, 7) is 3.68. The molecule has 1 amide bonds. The van der Waals surface area contributed by atoms with Gasteiger partial charge in [-0.2, -0.15) is 10.2 Å². The molecule has 1 aliphatic rings. The topological polar surface area (TPSA) is 77.6 Å². The van der Waals surface area contributed by atoms with Crippen LogP contribution in [-0.4, -0.2) is 30.5 Å². The van der Waals surface area contributed by atoms with Gasteiger partial charge in [0.1, 0.15) is 17.8 Å². The molecule has 0 aliphatic carbocycles. The van der Waals surface area contributed by atoms with Crippen LogP contribution in [0.2, 0.25) is 0 Å². The second kappa shape index (κ2) is 5.44. The number of nitrogens with zero attached hydrogens (tertiary/aromatic N) is 5. The molecule has 2 aromatic rings. The summed E-state index contributed by atoms with van der Waals surface area (Å²) in [6.07, 6.45) is 6.04. The molecule has 0 fully saturated rings. The van der Waals surface area contributed by atoms with E-state index in [1.165, 1.54) is 0 Å². The van der Waals surface area contributed by atoms with Gasteiger partial charge in [0.15, 0.2) is 0 Å². The molecule has 0 saturated heterocycles. The van der Waals surface area contributed by atoms with Crippen LogP contribution in [0.1, 0.15) is 48.5 Å². The first-order valence-electron chi connectivity index (χ1n) is 7.00. The molecule has 2 aromatic heterocycles. The fourth-order valence-corrected chi connectivity index (χ4v) is 2.57. The molecule has 1 aliphatic heterocycles. The van der Waals surface area contributed by atoms with Crippen molar-refractivity contribution in [2.45, 2.75) is 45.3 Å². The van der Waals surface area contributed by atoms with Gasteiger partial charge in [0.05, 0.1) is 6.04 Å². The summed E-state index contributed by atoms with van der Waals surface area (Å²) < 4.78 is 3.60. The predicted octanol–water partition coefficient (Wildman–Crippen LogP) is 1.15. The van der Waals surface area contributed by atoms with Crippen LogP contribution >= 0.6 is 0 Å². The van der Waals surface area contributed by atoms with E-state index in [0.29, 0.717) is 5.69 Å². The summed E-state index contributed by atoms with van der Waals surface area (Å²) in [5, 5.41) is 11.4. The van der Waals surface area contributed by atoms with Crippen molar-refractivity contribution in [3.8, 4) is 0 Å². The predicted molar refractivity (Wildman–Crippen MR) is 72.0 cm³/mol. The summed E-state index contributed by atoms with van der Waals surface area (Å²) in [6, 6.07) is 1.68. The van der Waals surface area contributed by atoms with Crippen molar-refractivity contribution in [1.29, 1.82) is 0 Å². The van der Waals surface area contributed by atoms with E-state index in [1.807, 2.05) is 4.68 Å². The average Bonchev–Trinajstić information content (AvgIpc) is 3.07. The first-order chi connectivity index (χ1) is 9.79. The Kier molecular flexibility index (Phi) is 3.49. The van der Waals surface area contributed by atoms with Gasteiger partial charge in [-0.1, -0.05) is 6.92 Å². The highest BCUT2D eigenvalue weighted by atomic mass is 16.2. The molecule has 0 unspecified atom stereocenters. The zero-order valence-electron chi connectivity index (χ0n) is 11.5. The second-order valence-corrected chi connectivity index (χ2v) is 4.95. The maximum absolute atomic E-state index is 12.4. The van der Waals surface area contributed by atoms with Gasteiger partial charge in [-0.25, -0.2) is 9.67 Å². The molecule has 7 heteroatoms. The Morgan fingerprint density at radius 3 is 3.25 bits per heavy atom. The van der Waals surface area contributed by atoms with Gasteiger partial charge in [-0.3, -0.25) is 9.48 Å². The Hall–Kier alpha value is -2.18. The number of carbonyl (C=O) groups excluding carboxylic acids is 1. The van der Waals surface area contributed by atoms with E-state index < -0.39 is 0 Å². The molecular weight excluding hydrogens is 256 g/mol. The molecule has 0 bridgehead atoms. The minimum Gasteiger partial charge on any atom is -0.341 e. The SMILES string of the molecule is CCCn1nccc1C(=O)N[C@H]1CCCn2ncnc21. The maximum atomic E-state index is 12.4. The molecule has 0 saturated carbocycles. The van der Waals surface area contributed by atoms with Crippen molar-refractivity contribution in [3.63, 3.8) is 0 Å². The lowest BCUT2D eigenvalue weighted by molar-refractivity contribution is 0.0916. The largest absolute Gasteiger partial charge is 0.341 e. The van der Waals surface area contributed by atoms with E-state index in [0.717, 1.165) is 38.2 Å². The number of nitrogens with one attached hydrogen (secondary N) is 1. The smallest absolute Gasteiger partial charge is 0.270 e.